The Balaban J connectivity index is 1.65. The van der Waals surface area contributed by atoms with Crippen LogP contribution in [0.25, 0.3) is 21.9 Å². The van der Waals surface area contributed by atoms with E-state index in [-0.39, 0.29) is 0 Å². The summed E-state index contributed by atoms with van der Waals surface area (Å²) in [7, 11) is 0. The number of fused-ring (bicyclic) bond motifs is 4. The minimum absolute atomic E-state index is 1.15. The zero-order valence-electron chi connectivity index (χ0n) is 13.2. The monoisotopic (exact) mass is 420 g/mol. The zero-order chi connectivity index (χ0) is 16.8. The van der Waals surface area contributed by atoms with Crippen molar-refractivity contribution in [1.82, 2.24) is 0 Å². The van der Waals surface area contributed by atoms with Gasteiger partial charge < -0.3 is 0 Å². The fraction of sp³-hybridized carbons (Fsp3) is 0. The molecule has 0 nitrogen and oxygen atoms in total. The first-order valence-electron chi connectivity index (χ1n) is 8.06. The maximum atomic E-state index is 3.78. The summed E-state index contributed by atoms with van der Waals surface area (Å²) in [6.45, 7) is 0. The van der Waals surface area contributed by atoms with Crippen LogP contribution in [-0.4, -0.2) is 0 Å². The van der Waals surface area contributed by atoms with Crippen molar-refractivity contribution in [3.63, 3.8) is 0 Å². The van der Waals surface area contributed by atoms with Gasteiger partial charge in [0, 0.05) is 24.1 Å². The number of hydrogen-bond donors (Lipinski definition) is 0. The number of benzene rings is 4. The predicted octanol–water partition coefficient (Wildman–Crippen LogP) is 7.89. The zero-order valence-corrected chi connectivity index (χ0v) is 16.4. The van der Waals surface area contributed by atoms with Gasteiger partial charge in [-0.1, -0.05) is 100 Å². The van der Waals surface area contributed by atoms with Crippen molar-refractivity contribution in [2.45, 2.75) is 19.6 Å². The maximum absolute atomic E-state index is 3.78. The molecule has 0 saturated carbocycles. The first kappa shape index (κ1) is 15.6. The molecule has 1 aliphatic heterocycles. The fourth-order valence-electron chi connectivity index (χ4n) is 3.17. The Morgan fingerprint density at radius 1 is 0.640 bits per heavy atom. The summed E-state index contributed by atoms with van der Waals surface area (Å²) >= 11 is 7.53. The van der Waals surface area contributed by atoms with E-state index in [0.717, 1.165) is 4.47 Å². The van der Waals surface area contributed by atoms with Crippen LogP contribution in [0.15, 0.2) is 103 Å². The van der Waals surface area contributed by atoms with Crippen molar-refractivity contribution in [3.05, 3.63) is 83.3 Å². The third kappa shape index (κ3) is 2.71. The average Bonchev–Trinajstić information content (AvgIpc) is 2.67. The molecule has 0 spiro atoms. The van der Waals surface area contributed by atoms with Crippen LogP contribution >= 0.6 is 39.5 Å². The van der Waals surface area contributed by atoms with Crippen LogP contribution in [0.3, 0.4) is 0 Å². The van der Waals surface area contributed by atoms with Crippen molar-refractivity contribution in [3.8, 4) is 11.1 Å². The van der Waals surface area contributed by atoms with Crippen LogP contribution in [0, 0.1) is 0 Å². The summed E-state index contributed by atoms with van der Waals surface area (Å²) in [4.78, 5) is 5.36. The van der Waals surface area contributed by atoms with Crippen molar-refractivity contribution in [1.29, 1.82) is 0 Å². The summed E-state index contributed by atoms with van der Waals surface area (Å²) in [6, 6.07) is 28.2. The number of hydrogen-bond acceptors (Lipinski definition) is 2. The Bertz CT molecular complexity index is 1100. The molecule has 0 N–H and O–H groups in total. The summed E-state index contributed by atoms with van der Waals surface area (Å²) in [5, 5.41) is 2.64. The molecule has 0 aromatic heterocycles. The number of rotatable bonds is 1. The van der Waals surface area contributed by atoms with Crippen LogP contribution in [-0.2, 0) is 0 Å². The lowest BCUT2D eigenvalue weighted by Gasteiger charge is -2.21. The predicted molar refractivity (Wildman–Crippen MR) is 112 cm³/mol. The maximum Gasteiger partial charge on any atom is 0.0340 e. The highest BCUT2D eigenvalue weighted by Gasteiger charge is 2.21. The van der Waals surface area contributed by atoms with Gasteiger partial charge in [-0.05, 0) is 40.1 Å². The molecule has 0 bridgehead atoms. The molecule has 25 heavy (non-hydrogen) atoms. The fourth-order valence-corrected chi connectivity index (χ4v) is 6.33. The van der Waals surface area contributed by atoms with E-state index in [1.54, 1.807) is 0 Å². The molecule has 1 heterocycles. The van der Waals surface area contributed by atoms with Crippen molar-refractivity contribution in [2.75, 3.05) is 0 Å². The minimum atomic E-state index is 1.15. The molecule has 0 saturated heterocycles. The molecule has 1 aliphatic rings. The lowest BCUT2D eigenvalue weighted by Crippen LogP contribution is -1.92. The number of halogens is 1. The molecular weight excluding hydrogens is 408 g/mol. The molecule has 0 atom stereocenters. The van der Waals surface area contributed by atoms with E-state index in [2.05, 4.69) is 94.8 Å². The van der Waals surface area contributed by atoms with E-state index in [9.17, 15) is 0 Å². The van der Waals surface area contributed by atoms with Gasteiger partial charge in [0.1, 0.15) is 0 Å². The van der Waals surface area contributed by atoms with Gasteiger partial charge in [0.15, 0.2) is 0 Å². The standard InChI is InChI=1S/C22H13BrS2/c23-18-13-21-20(12-17(18)14-6-2-1-3-7-14)24-19-11-10-15-8-4-5-9-16(15)22(19)25-21/h1-13H. The van der Waals surface area contributed by atoms with Gasteiger partial charge in [-0.25, -0.2) is 0 Å². The molecule has 5 rings (SSSR count). The summed E-state index contributed by atoms with van der Waals surface area (Å²) in [5.41, 5.74) is 2.49. The lowest BCUT2D eigenvalue weighted by molar-refractivity contribution is 1.17. The van der Waals surface area contributed by atoms with Crippen LogP contribution in [0.2, 0.25) is 0 Å². The van der Waals surface area contributed by atoms with E-state index in [1.165, 1.54) is 41.5 Å². The van der Waals surface area contributed by atoms with E-state index < -0.39 is 0 Å². The molecular formula is C22H13BrS2. The quantitative estimate of drug-likeness (QED) is 0.270. The topological polar surface area (TPSA) is 0 Å². The highest BCUT2D eigenvalue weighted by Crippen LogP contribution is 2.52. The van der Waals surface area contributed by atoms with E-state index >= 15 is 0 Å². The van der Waals surface area contributed by atoms with Crippen LogP contribution in [0.5, 0.6) is 0 Å². The van der Waals surface area contributed by atoms with Gasteiger partial charge in [0.05, 0.1) is 0 Å². The SMILES string of the molecule is Brc1cc2c(cc1-c1ccccc1)Sc1ccc3ccccc3c1S2. The second-order valence-electron chi connectivity index (χ2n) is 5.96. The molecule has 0 amide bonds. The molecule has 0 fully saturated rings. The van der Waals surface area contributed by atoms with Crippen LogP contribution in [0.4, 0.5) is 0 Å². The molecule has 0 aliphatic carbocycles. The van der Waals surface area contributed by atoms with E-state index in [1.807, 2.05) is 23.5 Å². The van der Waals surface area contributed by atoms with Crippen LogP contribution < -0.4 is 0 Å². The molecule has 4 aromatic carbocycles. The van der Waals surface area contributed by atoms with Crippen molar-refractivity contribution < 1.29 is 0 Å². The smallest absolute Gasteiger partial charge is 0.0340 e. The largest absolute Gasteiger partial charge is 0.0877 e. The van der Waals surface area contributed by atoms with Gasteiger partial charge in [0.2, 0.25) is 0 Å². The van der Waals surface area contributed by atoms with Gasteiger partial charge in [0.25, 0.3) is 0 Å². The first-order chi connectivity index (χ1) is 12.3. The van der Waals surface area contributed by atoms with E-state index in [0.29, 0.717) is 0 Å². The summed E-state index contributed by atoms with van der Waals surface area (Å²) in [6.07, 6.45) is 0. The molecule has 3 heteroatoms. The summed E-state index contributed by atoms with van der Waals surface area (Å²) < 4.78 is 1.15. The van der Waals surface area contributed by atoms with E-state index in [4.69, 9.17) is 0 Å². The molecule has 0 unspecified atom stereocenters. The van der Waals surface area contributed by atoms with Crippen molar-refractivity contribution >= 4 is 50.2 Å². The highest BCUT2D eigenvalue weighted by molar-refractivity contribution is 9.10. The minimum Gasteiger partial charge on any atom is -0.0877 e. The summed E-state index contributed by atoms with van der Waals surface area (Å²) in [5.74, 6) is 0. The second-order valence-corrected chi connectivity index (χ2v) is 8.95. The van der Waals surface area contributed by atoms with Gasteiger partial charge in [-0.2, -0.15) is 0 Å². The Morgan fingerprint density at radius 2 is 1.40 bits per heavy atom. The Kier molecular flexibility index (Phi) is 3.89. The third-order valence-electron chi connectivity index (χ3n) is 4.39. The average molecular weight is 421 g/mol. The Morgan fingerprint density at radius 3 is 2.28 bits per heavy atom. The molecule has 120 valence electrons. The normalized spacial score (nSPS) is 12.7. The van der Waals surface area contributed by atoms with Gasteiger partial charge in [-0.3, -0.25) is 0 Å². The second kappa shape index (κ2) is 6.24. The highest BCUT2D eigenvalue weighted by atomic mass is 79.9. The van der Waals surface area contributed by atoms with Crippen molar-refractivity contribution in [2.24, 2.45) is 0 Å². The van der Waals surface area contributed by atoms with Crippen LogP contribution in [0.1, 0.15) is 0 Å². The Hall–Kier alpha value is -1.68. The lowest BCUT2D eigenvalue weighted by atomic mass is 10.1. The van der Waals surface area contributed by atoms with Gasteiger partial charge in [-0.15, -0.1) is 0 Å². The molecule has 4 aromatic rings. The molecule has 0 radical (unpaired) electrons. The van der Waals surface area contributed by atoms with Gasteiger partial charge >= 0.3 is 0 Å². The third-order valence-corrected chi connectivity index (χ3v) is 7.63. The first-order valence-corrected chi connectivity index (χ1v) is 10.5. The Labute approximate surface area is 163 Å².